The lowest BCUT2D eigenvalue weighted by Crippen LogP contribution is -2.44. The third kappa shape index (κ3) is 4.79. The summed E-state index contributed by atoms with van der Waals surface area (Å²) in [5.41, 5.74) is 0.241. The van der Waals surface area contributed by atoms with E-state index in [1.807, 2.05) is 0 Å². The number of anilines is 1. The standard InChI is InChI=1S/C16H24FN3O/c1-12(2)20(10-13-6-5-9-18-13)11-16(21)19-15-8-4-3-7-14(15)17/h3-4,7-8,12-13,18H,5-6,9-11H2,1-2H3,(H,19,21). The summed E-state index contributed by atoms with van der Waals surface area (Å²) in [6, 6.07) is 6.97. The number of para-hydroxylation sites is 1. The van der Waals surface area contributed by atoms with Gasteiger partial charge in [-0.05, 0) is 45.4 Å². The van der Waals surface area contributed by atoms with Crippen LogP contribution in [-0.4, -0.2) is 42.5 Å². The van der Waals surface area contributed by atoms with Crippen LogP contribution >= 0.6 is 0 Å². The van der Waals surface area contributed by atoms with Gasteiger partial charge in [-0.3, -0.25) is 9.69 Å². The number of benzene rings is 1. The number of nitrogens with zero attached hydrogens (tertiary/aromatic N) is 1. The summed E-state index contributed by atoms with van der Waals surface area (Å²) >= 11 is 0. The maximum atomic E-state index is 13.5. The zero-order chi connectivity index (χ0) is 15.2. The summed E-state index contributed by atoms with van der Waals surface area (Å²) in [5, 5.41) is 6.09. The largest absolute Gasteiger partial charge is 0.322 e. The van der Waals surface area contributed by atoms with Crippen LogP contribution < -0.4 is 10.6 Å². The highest BCUT2D eigenvalue weighted by atomic mass is 19.1. The van der Waals surface area contributed by atoms with E-state index in [-0.39, 0.29) is 24.2 Å². The second-order valence-electron chi connectivity index (χ2n) is 5.84. The molecule has 0 saturated carbocycles. The van der Waals surface area contributed by atoms with Crippen LogP contribution in [0.1, 0.15) is 26.7 Å². The third-order valence-electron chi connectivity index (χ3n) is 3.84. The molecule has 5 heteroatoms. The van der Waals surface area contributed by atoms with Crippen molar-refractivity contribution in [1.82, 2.24) is 10.2 Å². The van der Waals surface area contributed by atoms with Crippen LogP contribution in [0.4, 0.5) is 10.1 Å². The molecular formula is C16H24FN3O. The minimum absolute atomic E-state index is 0.174. The lowest BCUT2D eigenvalue weighted by molar-refractivity contribution is -0.117. The Labute approximate surface area is 125 Å². The lowest BCUT2D eigenvalue weighted by atomic mass is 10.2. The maximum Gasteiger partial charge on any atom is 0.238 e. The van der Waals surface area contributed by atoms with Gasteiger partial charge < -0.3 is 10.6 Å². The Morgan fingerprint density at radius 3 is 2.86 bits per heavy atom. The molecule has 0 bridgehead atoms. The average Bonchev–Trinajstić information content (AvgIpc) is 2.93. The smallest absolute Gasteiger partial charge is 0.238 e. The number of amides is 1. The minimum atomic E-state index is -0.403. The Balaban J connectivity index is 1.90. The molecular weight excluding hydrogens is 269 g/mol. The summed E-state index contributed by atoms with van der Waals surface area (Å²) in [5.74, 6) is -0.578. The molecule has 1 unspecified atom stereocenters. The van der Waals surface area contributed by atoms with Gasteiger partial charge in [0.05, 0.1) is 12.2 Å². The first-order chi connectivity index (χ1) is 10.1. The van der Waals surface area contributed by atoms with Crippen LogP contribution in [0.15, 0.2) is 24.3 Å². The topological polar surface area (TPSA) is 44.4 Å². The first kappa shape index (κ1) is 15.9. The summed E-state index contributed by atoms with van der Waals surface area (Å²) in [4.78, 5) is 14.2. The Kier molecular flexibility index (Phi) is 5.70. The molecule has 1 aliphatic rings. The van der Waals surface area contributed by atoms with Gasteiger partial charge >= 0.3 is 0 Å². The molecule has 0 aliphatic carbocycles. The van der Waals surface area contributed by atoms with Crippen molar-refractivity contribution in [3.8, 4) is 0 Å². The van der Waals surface area contributed by atoms with E-state index in [4.69, 9.17) is 0 Å². The van der Waals surface area contributed by atoms with Crippen molar-refractivity contribution in [3.05, 3.63) is 30.1 Å². The monoisotopic (exact) mass is 293 g/mol. The molecule has 1 saturated heterocycles. The molecule has 1 atom stereocenters. The van der Waals surface area contributed by atoms with Crippen molar-refractivity contribution in [2.75, 3.05) is 25.0 Å². The molecule has 1 fully saturated rings. The van der Waals surface area contributed by atoms with Crippen molar-refractivity contribution in [2.24, 2.45) is 0 Å². The van der Waals surface area contributed by atoms with Crippen molar-refractivity contribution in [3.63, 3.8) is 0 Å². The number of halogens is 1. The van der Waals surface area contributed by atoms with Gasteiger partial charge in [-0.2, -0.15) is 0 Å². The Morgan fingerprint density at radius 2 is 2.24 bits per heavy atom. The fourth-order valence-electron chi connectivity index (χ4n) is 2.59. The van der Waals surface area contributed by atoms with Crippen molar-refractivity contribution in [2.45, 2.75) is 38.8 Å². The fraction of sp³-hybridized carbons (Fsp3) is 0.562. The third-order valence-corrected chi connectivity index (χ3v) is 3.84. The predicted molar refractivity (Wildman–Crippen MR) is 82.8 cm³/mol. The van der Waals surface area contributed by atoms with Crippen LogP contribution in [0, 0.1) is 5.82 Å². The zero-order valence-electron chi connectivity index (χ0n) is 12.7. The average molecular weight is 293 g/mol. The second kappa shape index (κ2) is 7.52. The van der Waals surface area contributed by atoms with Crippen molar-refractivity contribution in [1.29, 1.82) is 0 Å². The van der Waals surface area contributed by atoms with E-state index in [0.717, 1.165) is 19.5 Å². The minimum Gasteiger partial charge on any atom is -0.322 e. The molecule has 1 aromatic rings. The Hall–Kier alpha value is -1.46. The highest BCUT2D eigenvalue weighted by molar-refractivity contribution is 5.92. The highest BCUT2D eigenvalue weighted by Crippen LogP contribution is 2.13. The molecule has 2 N–H and O–H groups in total. The van der Waals surface area contributed by atoms with E-state index in [2.05, 4.69) is 29.4 Å². The van der Waals surface area contributed by atoms with Gasteiger partial charge in [0.1, 0.15) is 5.82 Å². The molecule has 0 aromatic heterocycles. The summed E-state index contributed by atoms with van der Waals surface area (Å²) in [7, 11) is 0. The van der Waals surface area contributed by atoms with Gasteiger partial charge in [0.2, 0.25) is 5.91 Å². The van der Waals surface area contributed by atoms with Crippen LogP contribution in [-0.2, 0) is 4.79 Å². The Morgan fingerprint density at radius 1 is 1.48 bits per heavy atom. The molecule has 1 heterocycles. The van der Waals surface area contributed by atoms with E-state index >= 15 is 0 Å². The van der Waals surface area contributed by atoms with E-state index in [9.17, 15) is 9.18 Å². The van der Waals surface area contributed by atoms with E-state index < -0.39 is 5.82 Å². The molecule has 21 heavy (non-hydrogen) atoms. The number of hydrogen-bond acceptors (Lipinski definition) is 3. The van der Waals surface area contributed by atoms with E-state index in [1.54, 1.807) is 18.2 Å². The molecule has 116 valence electrons. The molecule has 1 aromatic carbocycles. The molecule has 1 aliphatic heterocycles. The van der Waals surface area contributed by atoms with E-state index in [1.165, 1.54) is 12.5 Å². The molecule has 0 spiro atoms. The zero-order valence-corrected chi connectivity index (χ0v) is 12.7. The summed E-state index contributed by atoms with van der Waals surface area (Å²) < 4.78 is 13.5. The van der Waals surface area contributed by atoms with Crippen molar-refractivity contribution < 1.29 is 9.18 Å². The maximum absolute atomic E-state index is 13.5. The quantitative estimate of drug-likeness (QED) is 0.845. The number of rotatable bonds is 6. The predicted octanol–water partition coefficient (Wildman–Crippen LogP) is 2.23. The SMILES string of the molecule is CC(C)N(CC(=O)Nc1ccccc1F)CC1CCCN1. The molecule has 2 rings (SSSR count). The van der Waals surface area contributed by atoms with E-state index in [0.29, 0.717) is 6.04 Å². The van der Waals surface area contributed by atoms with Gasteiger partial charge in [-0.1, -0.05) is 12.1 Å². The number of carbonyl (C=O) groups is 1. The molecule has 0 radical (unpaired) electrons. The fourth-order valence-corrected chi connectivity index (χ4v) is 2.59. The Bertz CT molecular complexity index is 472. The summed E-state index contributed by atoms with van der Waals surface area (Å²) in [6.07, 6.45) is 2.34. The second-order valence-corrected chi connectivity index (χ2v) is 5.84. The molecule has 1 amide bonds. The van der Waals surface area contributed by atoms with Crippen LogP contribution in [0.2, 0.25) is 0 Å². The van der Waals surface area contributed by atoms with Gasteiger partial charge in [0.25, 0.3) is 0 Å². The first-order valence-electron chi connectivity index (χ1n) is 7.58. The highest BCUT2D eigenvalue weighted by Gasteiger charge is 2.21. The lowest BCUT2D eigenvalue weighted by Gasteiger charge is -2.28. The number of carbonyl (C=O) groups excluding carboxylic acids is 1. The van der Waals surface area contributed by atoms with Gasteiger partial charge in [0, 0.05) is 18.6 Å². The van der Waals surface area contributed by atoms with Crippen molar-refractivity contribution >= 4 is 11.6 Å². The van der Waals surface area contributed by atoms with Gasteiger partial charge in [-0.25, -0.2) is 4.39 Å². The number of nitrogens with one attached hydrogen (secondary N) is 2. The first-order valence-corrected chi connectivity index (χ1v) is 7.58. The van der Waals surface area contributed by atoms with Crippen LogP contribution in [0.25, 0.3) is 0 Å². The van der Waals surface area contributed by atoms with Gasteiger partial charge in [-0.15, -0.1) is 0 Å². The molecule has 4 nitrogen and oxygen atoms in total. The number of hydrogen-bond donors (Lipinski definition) is 2. The van der Waals surface area contributed by atoms with Crippen LogP contribution in [0.3, 0.4) is 0 Å². The van der Waals surface area contributed by atoms with Gasteiger partial charge in [0.15, 0.2) is 0 Å². The summed E-state index contributed by atoms with van der Waals surface area (Å²) in [6.45, 7) is 6.33. The normalized spacial score (nSPS) is 18.4. The van der Waals surface area contributed by atoms with Crippen LogP contribution in [0.5, 0.6) is 0 Å².